The highest BCUT2D eigenvalue weighted by Gasteiger charge is 1.98. The first-order valence-corrected chi connectivity index (χ1v) is 3.50. The van der Waals surface area contributed by atoms with E-state index in [1.165, 1.54) is 5.57 Å². The molecule has 0 radical (unpaired) electrons. The fraction of sp³-hybridized carbons (Fsp3) is 0.750. The average molecular weight is 128 g/mol. The van der Waals surface area contributed by atoms with Crippen molar-refractivity contribution in [1.82, 2.24) is 0 Å². The molecule has 0 aromatic rings. The molecule has 0 rings (SSSR count). The Morgan fingerprint density at radius 1 is 1.67 bits per heavy atom. The summed E-state index contributed by atoms with van der Waals surface area (Å²) in [7, 11) is 0. The third-order valence-corrected chi connectivity index (χ3v) is 1.52. The molecule has 0 amide bonds. The van der Waals surface area contributed by atoms with Crippen LogP contribution in [0.4, 0.5) is 0 Å². The lowest BCUT2D eigenvalue weighted by atomic mass is 10.1. The molecular weight excluding hydrogens is 112 g/mol. The molecule has 0 saturated carbocycles. The summed E-state index contributed by atoms with van der Waals surface area (Å²) in [5.74, 6) is 0. The zero-order valence-corrected chi connectivity index (χ0v) is 6.52. The Hall–Kier alpha value is -0.300. The summed E-state index contributed by atoms with van der Waals surface area (Å²) >= 11 is 0. The molecule has 0 aromatic carbocycles. The molecule has 9 heavy (non-hydrogen) atoms. The maximum absolute atomic E-state index is 9.12. The molecule has 0 unspecified atom stereocenters. The van der Waals surface area contributed by atoms with Crippen LogP contribution in [0.15, 0.2) is 11.6 Å². The lowest BCUT2D eigenvalue weighted by Crippen LogP contribution is -2.03. The number of rotatable bonds is 3. The van der Waals surface area contributed by atoms with E-state index < -0.39 is 0 Å². The number of hydrogen-bond donors (Lipinski definition) is 1. The Morgan fingerprint density at radius 2 is 2.22 bits per heavy atom. The molecule has 0 heterocycles. The second kappa shape index (κ2) is 4.57. The van der Waals surface area contributed by atoms with Gasteiger partial charge in [-0.2, -0.15) is 0 Å². The molecule has 0 aliphatic rings. The second-order valence-corrected chi connectivity index (χ2v) is 2.40. The van der Waals surface area contributed by atoms with Gasteiger partial charge in [-0.05, 0) is 26.7 Å². The molecule has 0 bridgehead atoms. The van der Waals surface area contributed by atoms with Crippen LogP contribution in [0.2, 0.25) is 0 Å². The molecule has 0 aliphatic carbocycles. The Balaban J connectivity index is 3.47. The summed E-state index contributed by atoms with van der Waals surface area (Å²) in [5.41, 5.74) is 1.27. The van der Waals surface area contributed by atoms with Crippen LogP contribution < -0.4 is 0 Å². The highest BCUT2D eigenvalue weighted by atomic mass is 16.3. The molecule has 1 heteroatoms. The number of aliphatic hydroxyl groups is 1. The Kier molecular flexibility index (Phi) is 4.41. The van der Waals surface area contributed by atoms with Crippen molar-refractivity contribution in [2.75, 3.05) is 0 Å². The summed E-state index contributed by atoms with van der Waals surface area (Å²) in [6.45, 7) is 6.03. The summed E-state index contributed by atoms with van der Waals surface area (Å²) in [5, 5.41) is 9.12. The van der Waals surface area contributed by atoms with Gasteiger partial charge in [0.2, 0.25) is 0 Å². The minimum atomic E-state index is -0.138. The van der Waals surface area contributed by atoms with E-state index in [1.807, 2.05) is 26.8 Å². The molecule has 0 saturated heterocycles. The van der Waals surface area contributed by atoms with E-state index in [9.17, 15) is 0 Å². The van der Waals surface area contributed by atoms with E-state index >= 15 is 0 Å². The van der Waals surface area contributed by atoms with E-state index in [4.69, 9.17) is 5.11 Å². The van der Waals surface area contributed by atoms with Gasteiger partial charge in [0.25, 0.3) is 0 Å². The second-order valence-electron chi connectivity index (χ2n) is 2.40. The normalized spacial score (nSPS) is 15.8. The van der Waals surface area contributed by atoms with E-state index in [0.29, 0.717) is 0 Å². The van der Waals surface area contributed by atoms with Gasteiger partial charge in [0.05, 0.1) is 6.10 Å². The van der Waals surface area contributed by atoms with Gasteiger partial charge in [-0.15, -0.1) is 0 Å². The molecule has 0 aromatic heterocycles. The Labute approximate surface area is 57.4 Å². The van der Waals surface area contributed by atoms with Gasteiger partial charge in [0, 0.05) is 0 Å². The first kappa shape index (κ1) is 8.70. The van der Waals surface area contributed by atoms with Crippen molar-refractivity contribution < 1.29 is 5.11 Å². The van der Waals surface area contributed by atoms with E-state index in [0.717, 1.165) is 12.8 Å². The summed E-state index contributed by atoms with van der Waals surface area (Å²) in [4.78, 5) is 0. The molecule has 0 spiro atoms. The molecule has 54 valence electrons. The maximum Gasteiger partial charge on any atom is 0.0574 e. The lowest BCUT2D eigenvalue weighted by molar-refractivity contribution is 0.170. The molecule has 1 N–H and O–H groups in total. The van der Waals surface area contributed by atoms with Gasteiger partial charge >= 0.3 is 0 Å². The standard InChI is InChI=1S/C8H16O/c1-4-7(3)6-8(9)5-2/h4,8-9H,5-6H2,1-3H3/b7-4+/t8-/m0/s1. The Bertz CT molecular complexity index is 94.7. The van der Waals surface area contributed by atoms with Gasteiger partial charge in [-0.1, -0.05) is 18.6 Å². The molecule has 0 fully saturated rings. The van der Waals surface area contributed by atoms with E-state index in [1.54, 1.807) is 0 Å². The van der Waals surface area contributed by atoms with Crippen LogP contribution in [0.1, 0.15) is 33.6 Å². The molecule has 1 nitrogen and oxygen atoms in total. The van der Waals surface area contributed by atoms with Crippen LogP contribution in [0.5, 0.6) is 0 Å². The van der Waals surface area contributed by atoms with Crippen molar-refractivity contribution in [2.24, 2.45) is 0 Å². The summed E-state index contributed by atoms with van der Waals surface area (Å²) < 4.78 is 0. The monoisotopic (exact) mass is 128 g/mol. The van der Waals surface area contributed by atoms with Crippen LogP contribution in [0, 0.1) is 0 Å². The average Bonchev–Trinajstić information content (AvgIpc) is 1.87. The van der Waals surface area contributed by atoms with E-state index in [-0.39, 0.29) is 6.10 Å². The van der Waals surface area contributed by atoms with Crippen LogP contribution in [-0.4, -0.2) is 11.2 Å². The number of aliphatic hydroxyl groups excluding tert-OH is 1. The molecule has 0 aliphatic heterocycles. The van der Waals surface area contributed by atoms with Gasteiger partial charge in [-0.25, -0.2) is 0 Å². The predicted octanol–water partition coefficient (Wildman–Crippen LogP) is 2.11. The molecule has 1 atom stereocenters. The quantitative estimate of drug-likeness (QED) is 0.577. The number of hydrogen-bond acceptors (Lipinski definition) is 1. The minimum absolute atomic E-state index is 0.138. The highest BCUT2D eigenvalue weighted by molar-refractivity contribution is 4.96. The third-order valence-electron chi connectivity index (χ3n) is 1.52. The van der Waals surface area contributed by atoms with Gasteiger partial charge < -0.3 is 5.11 Å². The van der Waals surface area contributed by atoms with Crippen LogP contribution >= 0.6 is 0 Å². The predicted molar refractivity (Wildman–Crippen MR) is 40.3 cm³/mol. The SMILES string of the molecule is C/C=C(\C)C[C@@H](O)CC. The summed E-state index contributed by atoms with van der Waals surface area (Å²) in [6, 6.07) is 0. The first-order chi connectivity index (χ1) is 4.20. The fourth-order valence-corrected chi connectivity index (χ4v) is 0.634. The topological polar surface area (TPSA) is 20.2 Å². The van der Waals surface area contributed by atoms with Crippen molar-refractivity contribution in [3.05, 3.63) is 11.6 Å². The maximum atomic E-state index is 9.12. The number of allylic oxidation sites excluding steroid dienone is 1. The van der Waals surface area contributed by atoms with E-state index in [2.05, 4.69) is 0 Å². The van der Waals surface area contributed by atoms with Crippen LogP contribution in [0.25, 0.3) is 0 Å². The smallest absolute Gasteiger partial charge is 0.0574 e. The van der Waals surface area contributed by atoms with Gasteiger partial charge in [-0.3, -0.25) is 0 Å². The minimum Gasteiger partial charge on any atom is -0.393 e. The van der Waals surface area contributed by atoms with Crippen LogP contribution in [-0.2, 0) is 0 Å². The third kappa shape index (κ3) is 4.22. The van der Waals surface area contributed by atoms with Crippen molar-refractivity contribution >= 4 is 0 Å². The summed E-state index contributed by atoms with van der Waals surface area (Å²) in [6.07, 6.45) is 3.58. The highest BCUT2D eigenvalue weighted by Crippen LogP contribution is 2.05. The first-order valence-electron chi connectivity index (χ1n) is 3.50. The van der Waals surface area contributed by atoms with Gasteiger partial charge in [0.15, 0.2) is 0 Å². The van der Waals surface area contributed by atoms with Crippen molar-refractivity contribution in [3.8, 4) is 0 Å². The van der Waals surface area contributed by atoms with Crippen LogP contribution in [0.3, 0.4) is 0 Å². The van der Waals surface area contributed by atoms with Crippen molar-refractivity contribution in [3.63, 3.8) is 0 Å². The van der Waals surface area contributed by atoms with Crippen molar-refractivity contribution in [2.45, 2.75) is 39.7 Å². The fourth-order valence-electron chi connectivity index (χ4n) is 0.634. The largest absolute Gasteiger partial charge is 0.393 e. The Morgan fingerprint density at radius 3 is 2.56 bits per heavy atom. The zero-order chi connectivity index (χ0) is 7.28. The van der Waals surface area contributed by atoms with Crippen molar-refractivity contribution in [1.29, 1.82) is 0 Å². The van der Waals surface area contributed by atoms with Gasteiger partial charge in [0.1, 0.15) is 0 Å². The molecular formula is C8H16O. The zero-order valence-electron chi connectivity index (χ0n) is 6.52. The lowest BCUT2D eigenvalue weighted by Gasteiger charge is -2.05.